The number of piperazine rings is 1. The molecule has 11 heteroatoms. The van der Waals surface area contributed by atoms with Gasteiger partial charge in [-0.2, -0.15) is 4.98 Å². The number of carbonyl (C=O) groups excluding carboxylic acids is 1. The first-order valence-corrected chi connectivity index (χ1v) is 12.1. The Morgan fingerprint density at radius 3 is 2.35 bits per heavy atom. The van der Waals surface area contributed by atoms with Crippen LogP contribution in [-0.2, 0) is 4.79 Å². The van der Waals surface area contributed by atoms with Crippen molar-refractivity contribution in [3.05, 3.63) is 47.5 Å². The van der Waals surface area contributed by atoms with Gasteiger partial charge in [-0.15, -0.1) is 0 Å². The van der Waals surface area contributed by atoms with Gasteiger partial charge in [0.25, 0.3) is 0 Å². The first kappa shape index (κ1) is 26.3. The molecule has 2 aromatic carbocycles. The monoisotopic (exact) mass is 514 g/mol. The molecule has 3 N–H and O–H groups in total. The molecule has 1 aromatic heterocycles. The molecule has 2 heterocycles. The van der Waals surface area contributed by atoms with E-state index < -0.39 is 5.82 Å². The van der Waals surface area contributed by atoms with Crippen molar-refractivity contribution in [2.45, 2.75) is 32.4 Å². The normalized spacial score (nSPS) is 14.8. The van der Waals surface area contributed by atoms with E-state index in [1.54, 1.807) is 23.1 Å². The lowest BCUT2D eigenvalue weighted by molar-refractivity contribution is -0.132. The molecule has 0 radical (unpaired) electrons. The number of anilines is 2. The standard InChI is InChI=1S/C26H32F2N6O3/c1-15(2)30-19(16-5-7-17(27)8-6-16)14-21(35)33-9-11-34(12-10-33)26-31-23-18(25(29)32-26)13-20(36-3)24(37-4)22(23)28/h5-8,13,15,19,30H,9-12,14H2,1-4H3,(H2,29,31,32). The van der Waals surface area contributed by atoms with Crippen molar-refractivity contribution >= 4 is 28.6 Å². The summed E-state index contributed by atoms with van der Waals surface area (Å²) in [7, 11) is 2.77. The quantitative estimate of drug-likeness (QED) is 0.472. The third kappa shape index (κ3) is 5.66. The van der Waals surface area contributed by atoms with Crippen LogP contribution >= 0.6 is 0 Å². The number of nitrogens with zero attached hydrogens (tertiary/aromatic N) is 4. The van der Waals surface area contributed by atoms with Gasteiger partial charge in [-0.1, -0.05) is 26.0 Å². The van der Waals surface area contributed by atoms with Crippen LogP contribution < -0.4 is 25.4 Å². The number of ether oxygens (including phenoxy) is 2. The highest BCUT2D eigenvalue weighted by molar-refractivity contribution is 5.92. The second-order valence-electron chi connectivity index (χ2n) is 9.23. The predicted molar refractivity (Wildman–Crippen MR) is 138 cm³/mol. The zero-order chi connectivity index (χ0) is 26.7. The van der Waals surface area contributed by atoms with Crippen molar-refractivity contribution in [2.24, 2.45) is 0 Å². The van der Waals surface area contributed by atoms with E-state index in [2.05, 4.69) is 15.3 Å². The van der Waals surface area contributed by atoms with Crippen molar-refractivity contribution < 1.29 is 23.0 Å². The van der Waals surface area contributed by atoms with Gasteiger partial charge in [0.15, 0.2) is 17.3 Å². The number of rotatable bonds is 8. The Labute approximate surface area is 214 Å². The van der Waals surface area contributed by atoms with Crippen LogP contribution in [0.1, 0.15) is 31.9 Å². The van der Waals surface area contributed by atoms with Gasteiger partial charge in [0.2, 0.25) is 11.9 Å². The molecule has 0 aliphatic carbocycles. The van der Waals surface area contributed by atoms with Crippen LogP contribution in [0.15, 0.2) is 30.3 Å². The number of amides is 1. The highest BCUT2D eigenvalue weighted by atomic mass is 19.1. The molecule has 9 nitrogen and oxygen atoms in total. The zero-order valence-corrected chi connectivity index (χ0v) is 21.4. The molecular weight excluding hydrogens is 482 g/mol. The summed E-state index contributed by atoms with van der Waals surface area (Å²) < 4.78 is 38.9. The smallest absolute Gasteiger partial charge is 0.228 e. The number of fused-ring (bicyclic) bond motifs is 1. The van der Waals surface area contributed by atoms with E-state index in [0.29, 0.717) is 31.6 Å². The van der Waals surface area contributed by atoms with Crippen molar-refractivity contribution in [1.29, 1.82) is 0 Å². The summed E-state index contributed by atoms with van der Waals surface area (Å²) in [6, 6.07) is 7.67. The van der Waals surface area contributed by atoms with E-state index in [4.69, 9.17) is 15.2 Å². The van der Waals surface area contributed by atoms with Gasteiger partial charge < -0.3 is 30.3 Å². The fourth-order valence-corrected chi connectivity index (χ4v) is 4.51. The first-order chi connectivity index (χ1) is 17.7. The molecule has 1 aliphatic rings. The van der Waals surface area contributed by atoms with E-state index in [9.17, 15) is 9.18 Å². The van der Waals surface area contributed by atoms with E-state index >= 15 is 4.39 Å². The number of carbonyl (C=O) groups is 1. The SMILES string of the molecule is COc1cc2c(N)nc(N3CCN(C(=O)CC(NC(C)C)c4ccc(F)cc4)CC3)nc2c(F)c1OC. The van der Waals surface area contributed by atoms with Crippen LogP contribution in [0.4, 0.5) is 20.5 Å². The van der Waals surface area contributed by atoms with Crippen molar-refractivity contribution in [3.63, 3.8) is 0 Å². The molecule has 0 saturated carbocycles. The second-order valence-corrected chi connectivity index (χ2v) is 9.23. The minimum absolute atomic E-state index is 0.0102. The predicted octanol–water partition coefficient (Wildman–Crippen LogP) is 3.29. The fourth-order valence-electron chi connectivity index (χ4n) is 4.51. The maximum absolute atomic E-state index is 15.1. The molecule has 0 bridgehead atoms. The fraction of sp³-hybridized carbons (Fsp3) is 0.423. The Bertz CT molecular complexity index is 1260. The third-order valence-corrected chi connectivity index (χ3v) is 6.39. The minimum Gasteiger partial charge on any atom is -0.493 e. The van der Waals surface area contributed by atoms with Gasteiger partial charge in [-0.3, -0.25) is 4.79 Å². The molecule has 1 aliphatic heterocycles. The van der Waals surface area contributed by atoms with Gasteiger partial charge in [-0.25, -0.2) is 13.8 Å². The van der Waals surface area contributed by atoms with Crippen LogP contribution in [0.25, 0.3) is 10.9 Å². The minimum atomic E-state index is -0.675. The molecule has 3 aromatic rings. The summed E-state index contributed by atoms with van der Waals surface area (Å²) >= 11 is 0. The Balaban J connectivity index is 1.47. The van der Waals surface area contributed by atoms with Gasteiger partial charge >= 0.3 is 0 Å². The molecule has 4 rings (SSSR count). The average molecular weight is 515 g/mol. The van der Waals surface area contributed by atoms with Crippen LogP contribution in [0.5, 0.6) is 11.5 Å². The summed E-state index contributed by atoms with van der Waals surface area (Å²) in [6.07, 6.45) is 0.246. The van der Waals surface area contributed by atoms with E-state index in [-0.39, 0.29) is 59.0 Å². The van der Waals surface area contributed by atoms with Crippen LogP contribution in [-0.4, -0.2) is 67.2 Å². The maximum Gasteiger partial charge on any atom is 0.228 e. The Hall–Kier alpha value is -3.73. The number of aromatic nitrogens is 2. The van der Waals surface area contributed by atoms with Crippen molar-refractivity contribution in [2.75, 3.05) is 51.0 Å². The summed E-state index contributed by atoms with van der Waals surface area (Å²) in [4.78, 5) is 25.6. The van der Waals surface area contributed by atoms with Crippen LogP contribution in [0, 0.1) is 11.6 Å². The Morgan fingerprint density at radius 2 is 1.76 bits per heavy atom. The molecule has 37 heavy (non-hydrogen) atoms. The lowest BCUT2D eigenvalue weighted by Gasteiger charge is -2.35. The summed E-state index contributed by atoms with van der Waals surface area (Å²) in [5.74, 6) is -0.444. The lowest BCUT2D eigenvalue weighted by atomic mass is 10.0. The molecule has 1 unspecified atom stereocenters. The molecule has 1 saturated heterocycles. The summed E-state index contributed by atoms with van der Waals surface area (Å²) in [6.45, 7) is 5.83. The highest BCUT2D eigenvalue weighted by Crippen LogP contribution is 2.37. The summed E-state index contributed by atoms with van der Waals surface area (Å²) in [5.41, 5.74) is 7.05. The Kier molecular flexibility index (Phi) is 7.91. The summed E-state index contributed by atoms with van der Waals surface area (Å²) in [5, 5.41) is 3.73. The van der Waals surface area contributed by atoms with E-state index in [0.717, 1.165) is 5.56 Å². The molecule has 1 amide bonds. The van der Waals surface area contributed by atoms with Gasteiger partial charge in [0.05, 0.1) is 14.2 Å². The molecule has 198 valence electrons. The molecular formula is C26H32F2N6O3. The number of halogens is 2. The van der Waals surface area contributed by atoms with E-state index in [1.807, 2.05) is 18.7 Å². The number of nitrogens with one attached hydrogen (secondary N) is 1. The molecule has 1 fully saturated rings. The van der Waals surface area contributed by atoms with Crippen LogP contribution in [0.2, 0.25) is 0 Å². The molecule has 0 spiro atoms. The average Bonchev–Trinajstić information content (AvgIpc) is 2.88. The number of nitrogen functional groups attached to an aromatic ring is 1. The number of nitrogens with two attached hydrogens (primary N) is 1. The number of benzene rings is 2. The van der Waals surface area contributed by atoms with Crippen molar-refractivity contribution in [1.82, 2.24) is 20.2 Å². The zero-order valence-electron chi connectivity index (χ0n) is 21.4. The number of hydrogen-bond donors (Lipinski definition) is 2. The Morgan fingerprint density at radius 1 is 1.08 bits per heavy atom. The van der Waals surface area contributed by atoms with Crippen molar-refractivity contribution in [3.8, 4) is 11.5 Å². The third-order valence-electron chi connectivity index (χ3n) is 6.39. The molecule has 1 atom stereocenters. The number of hydrogen-bond acceptors (Lipinski definition) is 8. The topological polar surface area (TPSA) is 106 Å². The largest absolute Gasteiger partial charge is 0.493 e. The van der Waals surface area contributed by atoms with Gasteiger partial charge in [-0.05, 0) is 23.8 Å². The first-order valence-electron chi connectivity index (χ1n) is 12.1. The van der Waals surface area contributed by atoms with E-state index in [1.165, 1.54) is 26.4 Å². The number of methoxy groups -OCH3 is 2. The second kappa shape index (κ2) is 11.1. The van der Waals surface area contributed by atoms with Gasteiger partial charge in [0, 0.05) is 50.1 Å². The van der Waals surface area contributed by atoms with Crippen LogP contribution in [0.3, 0.4) is 0 Å². The maximum atomic E-state index is 15.1. The lowest BCUT2D eigenvalue weighted by Crippen LogP contribution is -2.50. The highest BCUT2D eigenvalue weighted by Gasteiger charge is 2.27. The van der Waals surface area contributed by atoms with Gasteiger partial charge in [0.1, 0.15) is 17.2 Å².